The van der Waals surface area contributed by atoms with E-state index in [1.54, 1.807) is 19.1 Å². The number of nitrogens with one attached hydrogen (secondary N) is 2. The number of rotatable bonds is 7. The highest BCUT2D eigenvalue weighted by molar-refractivity contribution is 7.89. The number of sulfonamides is 1. The van der Waals surface area contributed by atoms with Crippen LogP contribution < -0.4 is 10.0 Å². The van der Waals surface area contributed by atoms with Gasteiger partial charge in [-0.1, -0.05) is 31.5 Å². The zero-order chi connectivity index (χ0) is 20.2. The highest BCUT2D eigenvalue weighted by atomic mass is 32.2. The molecule has 1 heterocycles. The van der Waals surface area contributed by atoms with Crippen LogP contribution in [0.1, 0.15) is 44.2 Å². The number of likely N-dealkylation sites (N-methyl/N-ethyl adjacent to an activating group) is 1. The third-order valence-electron chi connectivity index (χ3n) is 5.52. The minimum Gasteiger partial charge on any atom is -0.354 e. The lowest BCUT2D eigenvalue weighted by molar-refractivity contribution is -0.121. The number of aryl methyl sites for hydroxylation is 2. The van der Waals surface area contributed by atoms with Crippen LogP contribution in [0.25, 0.3) is 0 Å². The van der Waals surface area contributed by atoms with E-state index in [1.807, 2.05) is 13.0 Å². The van der Waals surface area contributed by atoms with Gasteiger partial charge in [-0.3, -0.25) is 4.79 Å². The van der Waals surface area contributed by atoms with Gasteiger partial charge in [0.15, 0.2) is 0 Å². The molecule has 2 N–H and O–H groups in total. The lowest BCUT2D eigenvalue weighted by Crippen LogP contribution is -2.53. The number of carbonyl (C=O) groups is 1. The van der Waals surface area contributed by atoms with Gasteiger partial charge in [-0.15, -0.1) is 0 Å². The maximum Gasteiger partial charge on any atom is 0.240 e. The molecule has 6 nitrogen and oxygen atoms in total. The summed E-state index contributed by atoms with van der Waals surface area (Å²) < 4.78 is 27.4. The van der Waals surface area contributed by atoms with Crippen molar-refractivity contribution in [3.8, 4) is 0 Å². The lowest BCUT2D eigenvalue weighted by Gasteiger charge is -2.45. The number of piperidine rings is 1. The van der Waals surface area contributed by atoms with Crippen LogP contribution in [0.3, 0.4) is 0 Å². The van der Waals surface area contributed by atoms with E-state index in [4.69, 9.17) is 0 Å². The van der Waals surface area contributed by atoms with Crippen molar-refractivity contribution in [3.05, 3.63) is 29.3 Å². The molecule has 1 saturated heterocycles. The minimum atomic E-state index is -3.60. The molecule has 1 aliphatic rings. The van der Waals surface area contributed by atoms with E-state index >= 15 is 0 Å². The first-order valence-corrected chi connectivity index (χ1v) is 11.0. The minimum absolute atomic E-state index is 0.0887. The van der Waals surface area contributed by atoms with Crippen LogP contribution in [0.2, 0.25) is 0 Å². The first kappa shape index (κ1) is 21.9. The number of hydrogen-bond donors (Lipinski definition) is 2. The average Bonchev–Trinajstić information content (AvgIpc) is 2.53. The summed E-state index contributed by atoms with van der Waals surface area (Å²) in [6.45, 7) is 9.88. The summed E-state index contributed by atoms with van der Waals surface area (Å²) in [7, 11) is -1.51. The van der Waals surface area contributed by atoms with E-state index in [1.165, 1.54) is 6.42 Å². The number of benzene rings is 1. The molecular formula is C20H33N3O3S. The van der Waals surface area contributed by atoms with Crippen molar-refractivity contribution in [2.24, 2.45) is 5.41 Å². The Hall–Kier alpha value is -1.44. The molecule has 0 aromatic heterocycles. The monoisotopic (exact) mass is 395 g/mol. The summed E-state index contributed by atoms with van der Waals surface area (Å²) >= 11 is 0. The molecule has 1 amide bonds. The molecule has 1 atom stereocenters. The third kappa shape index (κ3) is 5.77. The van der Waals surface area contributed by atoms with E-state index < -0.39 is 10.0 Å². The van der Waals surface area contributed by atoms with Gasteiger partial charge in [0.2, 0.25) is 15.9 Å². The number of amides is 1. The summed E-state index contributed by atoms with van der Waals surface area (Å²) in [6, 6.07) is 5.51. The van der Waals surface area contributed by atoms with Crippen LogP contribution in [-0.4, -0.2) is 51.9 Å². The second-order valence-corrected chi connectivity index (χ2v) is 10.0. The molecule has 2 rings (SSSR count). The molecule has 27 heavy (non-hydrogen) atoms. The van der Waals surface area contributed by atoms with Crippen molar-refractivity contribution in [1.29, 1.82) is 0 Å². The first-order valence-electron chi connectivity index (χ1n) is 9.57. The Morgan fingerprint density at radius 1 is 1.30 bits per heavy atom. The van der Waals surface area contributed by atoms with Crippen molar-refractivity contribution in [2.75, 3.05) is 26.7 Å². The molecule has 0 saturated carbocycles. The van der Waals surface area contributed by atoms with Crippen LogP contribution in [-0.2, 0) is 14.8 Å². The van der Waals surface area contributed by atoms with Crippen LogP contribution in [0, 0.1) is 19.3 Å². The highest BCUT2D eigenvalue weighted by Crippen LogP contribution is 2.33. The Balaban J connectivity index is 1.83. The van der Waals surface area contributed by atoms with Crippen LogP contribution >= 0.6 is 0 Å². The normalized spacial score (nSPS) is 20.4. The Morgan fingerprint density at radius 2 is 2.00 bits per heavy atom. The molecule has 1 aromatic carbocycles. The summed E-state index contributed by atoms with van der Waals surface area (Å²) in [6.07, 6.45) is 2.45. The molecule has 1 unspecified atom stereocenters. The lowest BCUT2D eigenvalue weighted by atomic mass is 9.76. The van der Waals surface area contributed by atoms with Crippen molar-refractivity contribution in [2.45, 2.75) is 57.9 Å². The molecule has 0 aliphatic carbocycles. The molecule has 0 bridgehead atoms. The topological polar surface area (TPSA) is 78.5 Å². The van der Waals surface area contributed by atoms with Gasteiger partial charge in [-0.25, -0.2) is 13.1 Å². The summed E-state index contributed by atoms with van der Waals surface area (Å²) in [5, 5.41) is 2.97. The predicted octanol–water partition coefficient (Wildman–Crippen LogP) is 2.21. The molecule has 1 aromatic rings. The predicted molar refractivity (Wildman–Crippen MR) is 108 cm³/mol. The Kier molecular flexibility index (Phi) is 7.05. The van der Waals surface area contributed by atoms with E-state index in [0.717, 1.165) is 18.5 Å². The van der Waals surface area contributed by atoms with Gasteiger partial charge in [0.25, 0.3) is 0 Å². The maximum atomic E-state index is 12.4. The summed E-state index contributed by atoms with van der Waals surface area (Å²) in [5.74, 6) is -0.131. The van der Waals surface area contributed by atoms with Crippen molar-refractivity contribution in [1.82, 2.24) is 14.9 Å². The molecule has 152 valence electrons. The number of carbonyl (C=O) groups excluding carboxylic acids is 1. The van der Waals surface area contributed by atoms with Gasteiger partial charge in [0.05, 0.1) is 4.90 Å². The standard InChI is InChI=1S/C20H33N3O3S/c1-15-7-8-17(16(2)13-15)27(25,26)22-11-9-19(24)21-14-18-20(3,4)10-6-12-23(18)5/h7-8,13,18,22H,6,9-12,14H2,1-5H3,(H,21,24). The van der Waals surface area contributed by atoms with Crippen LogP contribution in [0.5, 0.6) is 0 Å². The SMILES string of the molecule is Cc1ccc(S(=O)(=O)NCCC(=O)NCC2N(C)CCCC2(C)C)c(C)c1. The summed E-state index contributed by atoms with van der Waals surface area (Å²) in [4.78, 5) is 14.7. The fraction of sp³-hybridized carbons (Fsp3) is 0.650. The third-order valence-corrected chi connectivity index (χ3v) is 7.14. The van der Waals surface area contributed by atoms with E-state index in [0.29, 0.717) is 18.2 Å². The van der Waals surface area contributed by atoms with Gasteiger partial charge in [0.1, 0.15) is 0 Å². The second-order valence-electron chi connectivity index (χ2n) is 8.31. The van der Waals surface area contributed by atoms with Gasteiger partial charge in [0, 0.05) is 25.6 Å². The molecule has 0 radical (unpaired) electrons. The molecule has 0 spiro atoms. The smallest absolute Gasteiger partial charge is 0.240 e. The first-order chi connectivity index (χ1) is 12.5. The fourth-order valence-electron chi connectivity index (χ4n) is 3.91. The zero-order valence-corrected chi connectivity index (χ0v) is 17.9. The van der Waals surface area contributed by atoms with E-state index in [9.17, 15) is 13.2 Å². The summed E-state index contributed by atoms with van der Waals surface area (Å²) in [5.41, 5.74) is 1.88. The zero-order valence-electron chi connectivity index (χ0n) is 17.1. The Labute approximate surface area is 163 Å². The highest BCUT2D eigenvalue weighted by Gasteiger charge is 2.35. The number of likely N-dealkylation sites (tertiary alicyclic amines) is 1. The van der Waals surface area contributed by atoms with Gasteiger partial charge < -0.3 is 10.2 Å². The Morgan fingerprint density at radius 3 is 2.63 bits per heavy atom. The van der Waals surface area contributed by atoms with Crippen molar-refractivity contribution < 1.29 is 13.2 Å². The number of hydrogen-bond acceptors (Lipinski definition) is 4. The van der Waals surface area contributed by atoms with Crippen molar-refractivity contribution in [3.63, 3.8) is 0 Å². The van der Waals surface area contributed by atoms with Crippen LogP contribution in [0.4, 0.5) is 0 Å². The largest absolute Gasteiger partial charge is 0.354 e. The second kappa shape index (κ2) is 8.71. The molecule has 1 fully saturated rings. The van der Waals surface area contributed by atoms with Gasteiger partial charge >= 0.3 is 0 Å². The fourth-order valence-corrected chi connectivity index (χ4v) is 5.17. The average molecular weight is 396 g/mol. The van der Waals surface area contributed by atoms with Gasteiger partial charge in [-0.05, 0) is 57.3 Å². The van der Waals surface area contributed by atoms with E-state index in [-0.39, 0.29) is 29.2 Å². The molecule has 7 heteroatoms. The van der Waals surface area contributed by atoms with Gasteiger partial charge in [-0.2, -0.15) is 0 Å². The van der Waals surface area contributed by atoms with Crippen molar-refractivity contribution >= 4 is 15.9 Å². The molecule has 1 aliphatic heterocycles. The Bertz CT molecular complexity index is 775. The van der Waals surface area contributed by atoms with E-state index in [2.05, 4.69) is 35.8 Å². The quantitative estimate of drug-likeness (QED) is 0.742. The molecular weight excluding hydrogens is 362 g/mol. The van der Waals surface area contributed by atoms with Crippen LogP contribution in [0.15, 0.2) is 23.1 Å². The number of nitrogens with zero attached hydrogens (tertiary/aromatic N) is 1. The maximum absolute atomic E-state index is 12.4.